The summed E-state index contributed by atoms with van der Waals surface area (Å²) >= 11 is 2.91. The van der Waals surface area contributed by atoms with Crippen LogP contribution in [0.5, 0.6) is 11.5 Å². The summed E-state index contributed by atoms with van der Waals surface area (Å²) in [5.74, 6) is 2.81. The predicted octanol–water partition coefficient (Wildman–Crippen LogP) is 9.13. The Morgan fingerprint density at radius 3 is 1.83 bits per heavy atom. The van der Waals surface area contributed by atoms with Gasteiger partial charge in [-0.1, -0.05) is 78.9 Å². The molecule has 0 aromatic heterocycles. The Labute approximate surface area is 221 Å². The molecule has 0 fully saturated rings. The minimum Gasteiger partial charge on any atom is -0.492 e. The number of nitriles is 2. The monoisotopic (exact) mass is 514 g/mol. The first-order valence-corrected chi connectivity index (χ1v) is 14.2. The van der Waals surface area contributed by atoms with E-state index in [1.54, 1.807) is 0 Å². The Balaban J connectivity index is 2.22. The lowest BCUT2D eigenvalue weighted by atomic mass is 9.84. The highest BCUT2D eigenvalue weighted by Crippen LogP contribution is 2.59. The molecule has 0 bridgehead atoms. The number of hydrogen-bond acceptors (Lipinski definition) is 6. The molecule has 2 unspecified atom stereocenters. The number of aryl methyl sites for hydroxylation is 1. The molecule has 4 nitrogen and oxygen atoms in total. The predicted molar refractivity (Wildman–Crippen MR) is 148 cm³/mol. The molecule has 1 heterocycles. The van der Waals surface area contributed by atoms with Crippen LogP contribution in [0.1, 0.15) is 86.6 Å². The second-order valence-electron chi connectivity index (χ2n) is 12.3. The molecule has 0 saturated carbocycles. The molecule has 0 spiro atoms. The molecule has 1 aliphatic rings. The zero-order valence-corrected chi connectivity index (χ0v) is 24.6. The van der Waals surface area contributed by atoms with Crippen LogP contribution in [-0.4, -0.2) is 13.2 Å². The van der Waals surface area contributed by atoms with Gasteiger partial charge in [0, 0.05) is 0 Å². The summed E-state index contributed by atoms with van der Waals surface area (Å²) in [6, 6.07) is 6.13. The Kier molecular flexibility index (Phi) is 10.5. The van der Waals surface area contributed by atoms with E-state index in [4.69, 9.17) is 9.47 Å². The van der Waals surface area contributed by atoms with E-state index in [0.29, 0.717) is 40.1 Å². The van der Waals surface area contributed by atoms with Crippen molar-refractivity contribution in [2.24, 2.45) is 22.7 Å². The Bertz CT molecular complexity index is 988. The van der Waals surface area contributed by atoms with E-state index >= 15 is 0 Å². The number of nitrogens with zero attached hydrogens (tertiary/aromatic N) is 2. The van der Waals surface area contributed by atoms with Crippen molar-refractivity contribution in [3.8, 4) is 23.6 Å². The second-order valence-corrected chi connectivity index (χ2v) is 14.6. The third-order valence-corrected chi connectivity index (χ3v) is 8.42. The molecule has 0 amide bonds. The van der Waals surface area contributed by atoms with E-state index in [-0.39, 0.29) is 5.57 Å². The maximum atomic E-state index is 9.43. The van der Waals surface area contributed by atoms with Gasteiger partial charge in [0.25, 0.3) is 0 Å². The molecule has 6 heteroatoms. The standard InChI is InChI=1S/C29H42N2O2S2/c1-19(15-28(4,5)6)10-12-32-23-14-21(3)24(33-13-11-20(2)16-29(7,8)9)26-25(23)34-27(35-26)22(17-30)18-31/h14,19-20H,10-13,15-16H2,1-9H3. The van der Waals surface area contributed by atoms with Gasteiger partial charge in [0.1, 0.15) is 29.2 Å². The zero-order chi connectivity index (χ0) is 26.4. The number of fused-ring (bicyclic) bond motifs is 1. The van der Waals surface area contributed by atoms with Crippen LogP contribution in [-0.2, 0) is 0 Å². The van der Waals surface area contributed by atoms with Crippen LogP contribution in [0, 0.1) is 52.3 Å². The summed E-state index contributed by atoms with van der Waals surface area (Å²) in [6.07, 6.45) is 4.27. The molecule has 0 radical (unpaired) electrons. The van der Waals surface area contributed by atoms with Gasteiger partial charge in [-0.3, -0.25) is 0 Å². The fraction of sp³-hybridized carbons (Fsp3) is 0.655. The van der Waals surface area contributed by atoms with Crippen molar-refractivity contribution >= 4 is 23.5 Å². The first-order chi connectivity index (χ1) is 16.2. The fourth-order valence-corrected chi connectivity index (χ4v) is 7.23. The molecule has 1 aromatic rings. The van der Waals surface area contributed by atoms with Gasteiger partial charge in [0.05, 0.1) is 27.2 Å². The van der Waals surface area contributed by atoms with Gasteiger partial charge in [-0.2, -0.15) is 10.5 Å². The molecule has 0 saturated heterocycles. The zero-order valence-electron chi connectivity index (χ0n) is 23.0. The van der Waals surface area contributed by atoms with Crippen molar-refractivity contribution in [3.05, 3.63) is 21.4 Å². The lowest BCUT2D eigenvalue weighted by molar-refractivity contribution is 0.230. The van der Waals surface area contributed by atoms with E-state index in [1.807, 2.05) is 19.1 Å². The van der Waals surface area contributed by atoms with Crippen molar-refractivity contribution < 1.29 is 9.47 Å². The van der Waals surface area contributed by atoms with Crippen LogP contribution < -0.4 is 9.47 Å². The van der Waals surface area contributed by atoms with Crippen LogP contribution in [0.2, 0.25) is 0 Å². The SMILES string of the molecule is Cc1cc(OCCC(C)CC(C)(C)C)c2c(c1OCCC(C)CC(C)(C)C)SC(=C(C#N)C#N)S2. The topological polar surface area (TPSA) is 66.0 Å². The molecule has 192 valence electrons. The highest BCUT2D eigenvalue weighted by molar-refractivity contribution is 8.24. The van der Waals surface area contributed by atoms with Crippen molar-refractivity contribution in [1.82, 2.24) is 0 Å². The number of thioether (sulfide) groups is 2. The number of rotatable bonds is 10. The summed E-state index contributed by atoms with van der Waals surface area (Å²) in [5.41, 5.74) is 1.77. The van der Waals surface area contributed by atoms with E-state index < -0.39 is 0 Å². The molecule has 1 aliphatic heterocycles. The maximum Gasteiger partial charge on any atom is 0.150 e. The van der Waals surface area contributed by atoms with E-state index in [9.17, 15) is 10.5 Å². The first kappa shape index (κ1) is 29.5. The van der Waals surface area contributed by atoms with E-state index in [1.165, 1.54) is 23.5 Å². The van der Waals surface area contributed by atoms with Crippen molar-refractivity contribution in [3.63, 3.8) is 0 Å². The molecular formula is C29H42N2O2S2. The van der Waals surface area contributed by atoms with E-state index in [2.05, 4.69) is 61.5 Å². The van der Waals surface area contributed by atoms with Crippen LogP contribution in [0.25, 0.3) is 0 Å². The van der Waals surface area contributed by atoms with Gasteiger partial charge in [-0.15, -0.1) is 0 Å². The van der Waals surface area contributed by atoms with Gasteiger partial charge in [-0.25, -0.2) is 0 Å². The average molecular weight is 515 g/mol. The minimum absolute atomic E-state index is 0.142. The summed E-state index contributed by atoms with van der Waals surface area (Å²) in [4.78, 5) is 1.93. The van der Waals surface area contributed by atoms with Crippen molar-refractivity contribution in [1.29, 1.82) is 10.5 Å². The Morgan fingerprint density at radius 1 is 0.857 bits per heavy atom. The molecule has 0 N–H and O–H groups in total. The minimum atomic E-state index is 0.142. The Morgan fingerprint density at radius 2 is 1.34 bits per heavy atom. The molecular weight excluding hydrogens is 472 g/mol. The molecule has 0 aliphatic carbocycles. The molecule has 35 heavy (non-hydrogen) atoms. The van der Waals surface area contributed by atoms with Gasteiger partial charge >= 0.3 is 0 Å². The highest BCUT2D eigenvalue weighted by atomic mass is 32.2. The highest BCUT2D eigenvalue weighted by Gasteiger charge is 2.30. The lowest BCUT2D eigenvalue weighted by Crippen LogP contribution is -2.14. The summed E-state index contributed by atoms with van der Waals surface area (Å²) in [5, 5.41) is 18.9. The van der Waals surface area contributed by atoms with Crippen molar-refractivity contribution in [2.45, 2.75) is 97.8 Å². The number of allylic oxidation sites excluding steroid dienone is 1. The summed E-state index contributed by atoms with van der Waals surface area (Å²) < 4.78 is 13.3. The van der Waals surface area contributed by atoms with Gasteiger partial charge in [0.15, 0.2) is 0 Å². The third-order valence-electron chi connectivity index (χ3n) is 5.81. The van der Waals surface area contributed by atoms with Crippen LogP contribution >= 0.6 is 23.5 Å². The quantitative estimate of drug-likeness (QED) is 0.290. The normalized spacial score (nSPS) is 15.1. The van der Waals surface area contributed by atoms with Crippen molar-refractivity contribution in [2.75, 3.05) is 13.2 Å². The summed E-state index contributed by atoms with van der Waals surface area (Å²) in [7, 11) is 0. The van der Waals surface area contributed by atoms with Crippen LogP contribution in [0.15, 0.2) is 25.7 Å². The number of hydrogen-bond donors (Lipinski definition) is 0. The van der Waals surface area contributed by atoms with Gasteiger partial charge in [-0.05, 0) is 66.9 Å². The summed E-state index contributed by atoms with van der Waals surface area (Å²) in [6.45, 7) is 21.5. The first-order valence-electron chi connectivity index (χ1n) is 12.6. The maximum absolute atomic E-state index is 9.43. The number of ether oxygens (including phenoxy) is 2. The molecule has 1 aromatic carbocycles. The lowest BCUT2D eigenvalue weighted by Gasteiger charge is -2.24. The van der Waals surface area contributed by atoms with E-state index in [0.717, 1.165) is 52.5 Å². The second kappa shape index (κ2) is 12.5. The molecule has 2 rings (SSSR count). The van der Waals surface area contributed by atoms with Gasteiger partial charge in [0.2, 0.25) is 0 Å². The molecule has 2 atom stereocenters. The third kappa shape index (κ3) is 9.32. The fourth-order valence-electron chi connectivity index (χ4n) is 4.65. The largest absolute Gasteiger partial charge is 0.492 e. The average Bonchev–Trinajstić information content (AvgIpc) is 3.13. The smallest absolute Gasteiger partial charge is 0.150 e. The Hall–Kier alpha value is -1.76. The van der Waals surface area contributed by atoms with Crippen LogP contribution in [0.4, 0.5) is 0 Å². The van der Waals surface area contributed by atoms with Crippen LogP contribution in [0.3, 0.4) is 0 Å². The number of benzene rings is 1. The van der Waals surface area contributed by atoms with Gasteiger partial charge < -0.3 is 9.47 Å².